The lowest BCUT2D eigenvalue weighted by atomic mass is 9.71. The van der Waals surface area contributed by atoms with Gasteiger partial charge in [-0.25, -0.2) is 0 Å². The molecule has 0 saturated carbocycles. The number of unbranched alkanes of at least 4 members (excludes halogenated alkanes) is 11. The quantitative estimate of drug-likeness (QED) is 0.128. The average Bonchev–Trinajstić information content (AvgIpc) is 2.77. The van der Waals surface area contributed by atoms with Crippen LogP contribution in [-0.4, -0.2) is 24.4 Å². The molecule has 0 radical (unpaired) electrons. The molecule has 214 valence electrons. The number of hydrogen-bond donors (Lipinski definition) is 2. The summed E-state index contributed by atoms with van der Waals surface area (Å²) < 4.78 is 0. The standard InChI is InChI=1S/C32H64N2O2/c1-8-11-14-17-20-23-28(22-19-16-13-10-3)34-30(36)26-32(6,7)27-31(4,5)25-29(35)33-24-21-18-15-12-9-2/h28H,8-27H2,1-7H3,(H,33,35)(H,34,36). The molecule has 4 heteroatoms. The lowest BCUT2D eigenvalue weighted by molar-refractivity contribution is -0.124. The first-order chi connectivity index (χ1) is 17.0. The fourth-order valence-corrected chi connectivity index (χ4v) is 5.69. The Morgan fingerprint density at radius 1 is 0.583 bits per heavy atom. The van der Waals surface area contributed by atoms with E-state index >= 15 is 0 Å². The summed E-state index contributed by atoms with van der Waals surface area (Å²) in [6.07, 6.45) is 21.5. The minimum Gasteiger partial charge on any atom is -0.356 e. The molecule has 36 heavy (non-hydrogen) atoms. The van der Waals surface area contributed by atoms with Gasteiger partial charge in [-0.2, -0.15) is 0 Å². The van der Waals surface area contributed by atoms with Crippen LogP contribution in [0.15, 0.2) is 0 Å². The van der Waals surface area contributed by atoms with Crippen LogP contribution in [-0.2, 0) is 9.59 Å². The molecule has 0 aromatic heterocycles. The van der Waals surface area contributed by atoms with Crippen molar-refractivity contribution < 1.29 is 9.59 Å². The lowest BCUT2D eigenvalue weighted by Gasteiger charge is -2.34. The molecule has 0 heterocycles. The predicted octanol–water partition coefficient (Wildman–Crippen LogP) is 9.11. The minimum atomic E-state index is -0.137. The first-order valence-corrected chi connectivity index (χ1v) is 15.6. The Balaban J connectivity index is 4.60. The van der Waals surface area contributed by atoms with Crippen molar-refractivity contribution in [3.8, 4) is 0 Å². The zero-order valence-electron chi connectivity index (χ0n) is 25.5. The van der Waals surface area contributed by atoms with Crippen molar-refractivity contribution in [2.24, 2.45) is 10.8 Å². The molecule has 0 fully saturated rings. The summed E-state index contributed by atoms with van der Waals surface area (Å²) in [4.78, 5) is 25.6. The highest BCUT2D eigenvalue weighted by Gasteiger charge is 2.32. The molecule has 0 aromatic rings. The molecular weight excluding hydrogens is 444 g/mol. The van der Waals surface area contributed by atoms with Gasteiger partial charge in [-0.1, -0.05) is 132 Å². The van der Waals surface area contributed by atoms with Gasteiger partial charge in [-0.05, 0) is 36.5 Å². The van der Waals surface area contributed by atoms with E-state index in [0.29, 0.717) is 18.9 Å². The van der Waals surface area contributed by atoms with Crippen molar-refractivity contribution in [3.05, 3.63) is 0 Å². The second-order valence-corrected chi connectivity index (χ2v) is 12.9. The van der Waals surface area contributed by atoms with Gasteiger partial charge in [0.05, 0.1) is 0 Å². The Bertz CT molecular complexity index is 556. The second kappa shape index (κ2) is 20.9. The van der Waals surface area contributed by atoms with Crippen LogP contribution in [0.4, 0.5) is 0 Å². The van der Waals surface area contributed by atoms with Crippen molar-refractivity contribution in [1.82, 2.24) is 10.6 Å². The van der Waals surface area contributed by atoms with Gasteiger partial charge >= 0.3 is 0 Å². The van der Waals surface area contributed by atoms with E-state index in [2.05, 4.69) is 59.1 Å². The van der Waals surface area contributed by atoms with Crippen LogP contribution in [0.25, 0.3) is 0 Å². The molecule has 1 atom stereocenters. The van der Waals surface area contributed by atoms with E-state index in [0.717, 1.165) is 32.2 Å². The van der Waals surface area contributed by atoms with Crippen LogP contribution < -0.4 is 10.6 Å². The topological polar surface area (TPSA) is 58.2 Å². The average molecular weight is 509 g/mol. The first kappa shape index (κ1) is 34.9. The number of carbonyl (C=O) groups is 2. The highest BCUT2D eigenvalue weighted by molar-refractivity contribution is 5.77. The molecule has 0 aliphatic carbocycles. The van der Waals surface area contributed by atoms with Gasteiger partial charge in [0.15, 0.2) is 0 Å². The maximum Gasteiger partial charge on any atom is 0.220 e. The van der Waals surface area contributed by atoms with Crippen LogP contribution in [0.5, 0.6) is 0 Å². The zero-order valence-corrected chi connectivity index (χ0v) is 25.5. The number of amides is 2. The Morgan fingerprint density at radius 2 is 1.00 bits per heavy atom. The van der Waals surface area contributed by atoms with E-state index in [-0.39, 0.29) is 22.6 Å². The third-order valence-electron chi connectivity index (χ3n) is 7.27. The summed E-state index contributed by atoms with van der Waals surface area (Å²) in [5.41, 5.74) is -0.267. The van der Waals surface area contributed by atoms with Crippen molar-refractivity contribution in [3.63, 3.8) is 0 Å². The van der Waals surface area contributed by atoms with E-state index in [1.807, 2.05) is 0 Å². The first-order valence-electron chi connectivity index (χ1n) is 15.6. The fraction of sp³-hybridized carbons (Fsp3) is 0.938. The normalized spacial score (nSPS) is 13.0. The Morgan fingerprint density at radius 3 is 1.50 bits per heavy atom. The SMILES string of the molecule is CCCCCCCNC(=O)CC(C)(C)CC(C)(C)CC(=O)NC(CCCCCC)CCCCCCC. The van der Waals surface area contributed by atoms with Gasteiger partial charge in [-0.15, -0.1) is 0 Å². The number of rotatable bonds is 24. The highest BCUT2D eigenvalue weighted by atomic mass is 16.2. The van der Waals surface area contributed by atoms with E-state index in [4.69, 9.17) is 0 Å². The number of nitrogens with one attached hydrogen (secondary N) is 2. The Kier molecular flexibility index (Phi) is 20.3. The van der Waals surface area contributed by atoms with E-state index in [1.54, 1.807) is 0 Å². The minimum absolute atomic E-state index is 0.130. The maximum atomic E-state index is 13.1. The van der Waals surface area contributed by atoms with Crippen molar-refractivity contribution in [2.75, 3.05) is 6.54 Å². The molecule has 2 amide bonds. The smallest absolute Gasteiger partial charge is 0.220 e. The summed E-state index contributed by atoms with van der Waals surface area (Å²) in [5, 5.41) is 6.51. The van der Waals surface area contributed by atoms with Gasteiger partial charge < -0.3 is 10.6 Å². The van der Waals surface area contributed by atoms with Crippen LogP contribution in [0.3, 0.4) is 0 Å². The van der Waals surface area contributed by atoms with Gasteiger partial charge in [0, 0.05) is 25.4 Å². The molecule has 0 aromatic carbocycles. The molecule has 2 N–H and O–H groups in total. The fourth-order valence-electron chi connectivity index (χ4n) is 5.69. The van der Waals surface area contributed by atoms with Gasteiger partial charge in [-0.3, -0.25) is 9.59 Å². The van der Waals surface area contributed by atoms with Crippen molar-refractivity contribution in [2.45, 2.75) is 177 Å². The predicted molar refractivity (Wildman–Crippen MR) is 157 cm³/mol. The third kappa shape index (κ3) is 21.1. The number of hydrogen-bond acceptors (Lipinski definition) is 2. The number of carbonyl (C=O) groups excluding carboxylic acids is 2. The van der Waals surface area contributed by atoms with Crippen LogP contribution >= 0.6 is 0 Å². The van der Waals surface area contributed by atoms with E-state index < -0.39 is 0 Å². The third-order valence-corrected chi connectivity index (χ3v) is 7.27. The summed E-state index contributed by atoms with van der Waals surface area (Å²) in [5.74, 6) is 0.326. The summed E-state index contributed by atoms with van der Waals surface area (Å²) in [6.45, 7) is 16.2. The Labute approximate surface area is 225 Å². The zero-order chi connectivity index (χ0) is 27.3. The molecule has 0 aliphatic heterocycles. The van der Waals surface area contributed by atoms with E-state index in [1.165, 1.54) is 83.5 Å². The molecule has 0 aliphatic rings. The molecule has 0 saturated heterocycles. The van der Waals surface area contributed by atoms with Crippen LogP contribution in [0.1, 0.15) is 170 Å². The molecular formula is C32H64N2O2. The highest BCUT2D eigenvalue weighted by Crippen LogP contribution is 2.38. The maximum absolute atomic E-state index is 13.1. The molecule has 0 spiro atoms. The summed E-state index contributed by atoms with van der Waals surface area (Å²) in [6, 6.07) is 0.308. The molecule has 4 nitrogen and oxygen atoms in total. The molecule has 0 bridgehead atoms. The van der Waals surface area contributed by atoms with Crippen molar-refractivity contribution >= 4 is 11.8 Å². The van der Waals surface area contributed by atoms with Crippen LogP contribution in [0, 0.1) is 10.8 Å². The summed E-state index contributed by atoms with van der Waals surface area (Å²) >= 11 is 0. The largest absolute Gasteiger partial charge is 0.356 e. The molecule has 0 rings (SSSR count). The Hall–Kier alpha value is -1.06. The van der Waals surface area contributed by atoms with Gasteiger partial charge in [0.25, 0.3) is 0 Å². The van der Waals surface area contributed by atoms with E-state index in [9.17, 15) is 9.59 Å². The van der Waals surface area contributed by atoms with Gasteiger partial charge in [0.2, 0.25) is 11.8 Å². The van der Waals surface area contributed by atoms with Gasteiger partial charge in [0.1, 0.15) is 0 Å². The molecule has 1 unspecified atom stereocenters. The van der Waals surface area contributed by atoms with Crippen molar-refractivity contribution in [1.29, 1.82) is 0 Å². The lowest BCUT2D eigenvalue weighted by Crippen LogP contribution is -2.38. The monoisotopic (exact) mass is 508 g/mol. The summed E-state index contributed by atoms with van der Waals surface area (Å²) in [7, 11) is 0. The second-order valence-electron chi connectivity index (χ2n) is 12.9. The van der Waals surface area contributed by atoms with Crippen LogP contribution in [0.2, 0.25) is 0 Å².